The summed E-state index contributed by atoms with van der Waals surface area (Å²) in [4.78, 5) is 15.5. The van der Waals surface area contributed by atoms with Crippen molar-refractivity contribution in [1.82, 2.24) is 9.62 Å². The summed E-state index contributed by atoms with van der Waals surface area (Å²) in [6, 6.07) is 3.32. The van der Waals surface area contributed by atoms with Crippen molar-refractivity contribution in [2.75, 3.05) is 13.1 Å². The molecule has 5 nitrogen and oxygen atoms in total. The van der Waals surface area contributed by atoms with Gasteiger partial charge in [-0.1, -0.05) is 6.07 Å². The van der Waals surface area contributed by atoms with Crippen molar-refractivity contribution in [2.24, 2.45) is 23.2 Å². The Hall–Kier alpha value is -0.920. The third kappa shape index (κ3) is 3.25. The summed E-state index contributed by atoms with van der Waals surface area (Å²) < 4.78 is 28.1. The van der Waals surface area contributed by atoms with Crippen molar-refractivity contribution in [3.8, 4) is 0 Å². The molecule has 4 bridgehead atoms. The Morgan fingerprint density at radius 1 is 1.07 bits per heavy atom. The molecular formula is C20H28N2O3S2. The molecule has 6 rings (SSSR count). The minimum Gasteiger partial charge on any atom is -0.342 e. The minimum absolute atomic E-state index is 0.0717. The van der Waals surface area contributed by atoms with Crippen molar-refractivity contribution in [2.45, 2.75) is 61.6 Å². The molecule has 148 valence electrons. The molecule has 1 saturated heterocycles. The maximum Gasteiger partial charge on any atom is 0.250 e. The summed E-state index contributed by atoms with van der Waals surface area (Å²) in [5.41, 5.74) is -0.0853. The standard InChI is InChI=1S/C20H28N2O3S2/c23-19(20-11-14-8-15(12-20)10-16(9-14)13-20)22-5-3-17(4-6-22)21-27(24,25)18-2-1-7-26-18/h1-2,7,14-17,21H,3-6,8-13H2. The summed E-state index contributed by atoms with van der Waals surface area (Å²) in [6.07, 6.45) is 8.76. The molecule has 0 unspecified atom stereocenters. The van der Waals surface area contributed by atoms with Gasteiger partial charge in [-0.15, -0.1) is 11.3 Å². The number of carbonyl (C=O) groups is 1. The van der Waals surface area contributed by atoms with Crippen molar-refractivity contribution in [3.05, 3.63) is 17.5 Å². The topological polar surface area (TPSA) is 66.5 Å². The van der Waals surface area contributed by atoms with Crippen molar-refractivity contribution < 1.29 is 13.2 Å². The van der Waals surface area contributed by atoms with E-state index in [1.54, 1.807) is 17.5 Å². The molecule has 0 atom stereocenters. The number of sulfonamides is 1. The Bertz CT molecular complexity index is 775. The molecule has 0 spiro atoms. The molecule has 2 heterocycles. The quantitative estimate of drug-likeness (QED) is 0.832. The van der Waals surface area contributed by atoms with Gasteiger partial charge in [-0.05, 0) is 80.6 Å². The minimum atomic E-state index is -3.43. The Kier molecular flexibility index (Phi) is 4.41. The molecule has 27 heavy (non-hydrogen) atoms. The van der Waals surface area contributed by atoms with E-state index in [1.807, 2.05) is 4.90 Å². The normalized spacial score (nSPS) is 36.3. The SMILES string of the molecule is O=C(N1CCC(NS(=O)(=O)c2cccs2)CC1)C12CC3CC(CC(C3)C1)C2. The van der Waals surface area contributed by atoms with E-state index in [2.05, 4.69) is 4.72 Å². The predicted octanol–water partition coefficient (Wildman–Crippen LogP) is 3.23. The van der Waals surface area contributed by atoms with Gasteiger partial charge in [0.2, 0.25) is 15.9 Å². The third-order valence-corrected chi connectivity index (χ3v) is 10.3. The van der Waals surface area contributed by atoms with Gasteiger partial charge in [0.05, 0.1) is 5.41 Å². The zero-order chi connectivity index (χ0) is 18.6. The van der Waals surface area contributed by atoms with Crippen LogP contribution in [0.2, 0.25) is 0 Å². The van der Waals surface area contributed by atoms with Crippen LogP contribution in [0.4, 0.5) is 0 Å². The van der Waals surface area contributed by atoms with E-state index in [4.69, 9.17) is 0 Å². The van der Waals surface area contributed by atoms with Crippen LogP contribution in [0.3, 0.4) is 0 Å². The van der Waals surface area contributed by atoms with Gasteiger partial charge in [-0.3, -0.25) is 4.79 Å². The molecular weight excluding hydrogens is 380 g/mol. The van der Waals surface area contributed by atoms with Gasteiger partial charge >= 0.3 is 0 Å². The largest absolute Gasteiger partial charge is 0.342 e. The van der Waals surface area contributed by atoms with Crippen molar-refractivity contribution in [1.29, 1.82) is 0 Å². The zero-order valence-corrected chi connectivity index (χ0v) is 17.2. The highest BCUT2D eigenvalue weighted by Crippen LogP contribution is 2.60. The highest BCUT2D eigenvalue weighted by molar-refractivity contribution is 7.91. The van der Waals surface area contributed by atoms with E-state index < -0.39 is 10.0 Å². The lowest BCUT2D eigenvalue weighted by atomic mass is 9.49. The number of hydrogen-bond donors (Lipinski definition) is 1. The van der Waals surface area contributed by atoms with E-state index in [9.17, 15) is 13.2 Å². The summed E-state index contributed by atoms with van der Waals surface area (Å²) in [7, 11) is -3.43. The molecule has 1 aromatic rings. The van der Waals surface area contributed by atoms with Crippen molar-refractivity contribution >= 4 is 27.3 Å². The average Bonchev–Trinajstić information content (AvgIpc) is 3.16. The molecule has 5 fully saturated rings. The van der Waals surface area contributed by atoms with E-state index in [-0.39, 0.29) is 11.5 Å². The van der Waals surface area contributed by atoms with Crippen LogP contribution in [-0.2, 0) is 14.8 Å². The molecule has 1 amide bonds. The molecule has 0 radical (unpaired) electrons. The highest BCUT2D eigenvalue weighted by atomic mass is 32.2. The van der Waals surface area contributed by atoms with Gasteiger partial charge in [0, 0.05) is 19.1 Å². The Balaban J connectivity index is 1.22. The summed E-state index contributed by atoms with van der Waals surface area (Å²) in [5.74, 6) is 2.70. The molecule has 7 heteroatoms. The number of nitrogens with one attached hydrogen (secondary N) is 1. The highest BCUT2D eigenvalue weighted by Gasteiger charge is 2.55. The van der Waals surface area contributed by atoms with Crippen molar-refractivity contribution in [3.63, 3.8) is 0 Å². The fourth-order valence-electron chi connectivity index (χ4n) is 6.60. The lowest BCUT2D eigenvalue weighted by Crippen LogP contribution is -2.56. The number of carbonyl (C=O) groups excluding carboxylic acids is 1. The second-order valence-corrected chi connectivity index (χ2v) is 12.2. The molecule has 0 aromatic carbocycles. The Labute approximate surface area is 165 Å². The monoisotopic (exact) mass is 408 g/mol. The first kappa shape index (κ1) is 18.1. The summed E-state index contributed by atoms with van der Waals surface area (Å²) in [5, 5.41) is 1.78. The van der Waals surface area contributed by atoms with Crippen LogP contribution < -0.4 is 4.72 Å². The first-order valence-electron chi connectivity index (χ1n) is 10.3. The van der Waals surface area contributed by atoms with Crippen LogP contribution in [0.5, 0.6) is 0 Å². The number of rotatable bonds is 4. The van der Waals surface area contributed by atoms with E-state index in [0.717, 1.165) is 37.0 Å². The number of hydrogen-bond acceptors (Lipinski definition) is 4. The fraction of sp³-hybridized carbons (Fsp3) is 0.750. The van der Waals surface area contributed by atoms with E-state index >= 15 is 0 Å². The van der Waals surface area contributed by atoms with Crippen LogP contribution in [0.15, 0.2) is 21.7 Å². The second kappa shape index (κ2) is 6.56. The summed E-state index contributed by atoms with van der Waals surface area (Å²) >= 11 is 1.24. The lowest BCUT2D eigenvalue weighted by Gasteiger charge is -2.57. The number of piperidine rings is 1. The van der Waals surface area contributed by atoms with E-state index in [1.165, 1.54) is 30.6 Å². The average molecular weight is 409 g/mol. The van der Waals surface area contributed by atoms with E-state index in [0.29, 0.717) is 36.0 Å². The van der Waals surface area contributed by atoms with Crippen LogP contribution >= 0.6 is 11.3 Å². The molecule has 1 aromatic heterocycles. The van der Waals surface area contributed by atoms with Gasteiger partial charge in [-0.25, -0.2) is 13.1 Å². The number of amides is 1. The molecule has 4 saturated carbocycles. The maximum absolute atomic E-state index is 13.4. The zero-order valence-electron chi connectivity index (χ0n) is 15.6. The van der Waals surface area contributed by atoms with Gasteiger partial charge in [0.1, 0.15) is 4.21 Å². The van der Waals surface area contributed by atoms with Crippen LogP contribution in [-0.4, -0.2) is 38.4 Å². The van der Waals surface area contributed by atoms with Crippen LogP contribution in [0, 0.1) is 23.2 Å². The predicted molar refractivity (Wildman–Crippen MR) is 105 cm³/mol. The Morgan fingerprint density at radius 2 is 1.67 bits per heavy atom. The van der Waals surface area contributed by atoms with Gasteiger partial charge in [-0.2, -0.15) is 0 Å². The number of nitrogens with zero attached hydrogens (tertiary/aromatic N) is 1. The van der Waals surface area contributed by atoms with Gasteiger partial charge in [0.25, 0.3) is 0 Å². The maximum atomic E-state index is 13.4. The van der Waals surface area contributed by atoms with Crippen LogP contribution in [0.1, 0.15) is 51.4 Å². The fourth-order valence-corrected chi connectivity index (χ4v) is 8.92. The molecule has 1 N–H and O–H groups in total. The first-order chi connectivity index (χ1) is 12.9. The third-order valence-electron chi connectivity index (χ3n) is 7.36. The van der Waals surface area contributed by atoms with Crippen LogP contribution in [0.25, 0.3) is 0 Å². The number of likely N-dealkylation sites (tertiary alicyclic amines) is 1. The van der Waals surface area contributed by atoms with Gasteiger partial charge in [0.15, 0.2) is 0 Å². The summed E-state index contributed by atoms with van der Waals surface area (Å²) in [6.45, 7) is 1.36. The lowest BCUT2D eigenvalue weighted by molar-refractivity contribution is -0.158. The first-order valence-corrected chi connectivity index (χ1v) is 12.6. The smallest absolute Gasteiger partial charge is 0.250 e. The molecule has 1 aliphatic heterocycles. The molecule has 5 aliphatic rings. The number of thiophene rings is 1. The molecule has 4 aliphatic carbocycles. The Morgan fingerprint density at radius 3 is 2.19 bits per heavy atom. The van der Waals surface area contributed by atoms with Gasteiger partial charge < -0.3 is 4.90 Å². The second-order valence-electron chi connectivity index (χ2n) is 9.32.